The maximum atomic E-state index is 12.4. The van der Waals surface area contributed by atoms with Crippen molar-refractivity contribution in [3.8, 4) is 6.07 Å². The molecule has 226 valence electrons. The van der Waals surface area contributed by atoms with Gasteiger partial charge in [0.25, 0.3) is 0 Å². The molecule has 0 bridgehead atoms. The fraction of sp³-hybridized carbons (Fsp3) is 0.282. The molecule has 4 aromatic carbocycles. The second-order valence-corrected chi connectivity index (χ2v) is 13.0. The average Bonchev–Trinajstić information content (AvgIpc) is 3.77. The van der Waals surface area contributed by atoms with Crippen LogP contribution in [0, 0.1) is 17.2 Å². The molecule has 2 atom stereocenters. The van der Waals surface area contributed by atoms with Crippen LogP contribution in [-0.4, -0.2) is 27.2 Å². The topological polar surface area (TPSA) is 65.1 Å². The van der Waals surface area contributed by atoms with E-state index >= 15 is 0 Å². The minimum Gasteiger partial charge on any atom is -0.383 e. The van der Waals surface area contributed by atoms with Gasteiger partial charge in [0.1, 0.15) is 17.2 Å². The lowest BCUT2D eigenvalue weighted by molar-refractivity contribution is -0.0121. The molecule has 45 heavy (non-hydrogen) atoms. The molecule has 0 radical (unpaired) electrons. The molecule has 0 amide bonds. The Morgan fingerprint density at radius 1 is 0.889 bits per heavy atom. The van der Waals surface area contributed by atoms with Gasteiger partial charge in [-0.2, -0.15) is 5.26 Å². The maximum Gasteiger partial charge on any atom is 0.121 e. The Balaban J connectivity index is 1.29. The van der Waals surface area contributed by atoms with Gasteiger partial charge in [-0.05, 0) is 72.9 Å². The van der Waals surface area contributed by atoms with Crippen LogP contribution in [0.1, 0.15) is 66.5 Å². The fourth-order valence-electron chi connectivity index (χ4n) is 7.27. The van der Waals surface area contributed by atoms with Gasteiger partial charge in [0.15, 0.2) is 0 Å². The summed E-state index contributed by atoms with van der Waals surface area (Å²) in [4.78, 5) is 7.39. The van der Waals surface area contributed by atoms with Gasteiger partial charge in [0.2, 0.25) is 0 Å². The van der Waals surface area contributed by atoms with Crippen LogP contribution in [0.5, 0.6) is 0 Å². The number of benzene rings is 4. The lowest BCUT2D eigenvalue weighted by Crippen LogP contribution is -2.46. The summed E-state index contributed by atoms with van der Waals surface area (Å²) in [6, 6.07) is 39.7. The molecule has 0 spiro atoms. The van der Waals surface area contributed by atoms with Crippen LogP contribution in [0.2, 0.25) is 5.02 Å². The van der Waals surface area contributed by atoms with E-state index in [4.69, 9.17) is 16.6 Å². The fourth-order valence-corrected chi connectivity index (χ4v) is 7.49. The van der Waals surface area contributed by atoms with E-state index in [-0.39, 0.29) is 6.04 Å². The molecule has 0 saturated heterocycles. The van der Waals surface area contributed by atoms with Gasteiger partial charge in [0.05, 0.1) is 22.6 Å². The summed E-state index contributed by atoms with van der Waals surface area (Å²) in [7, 11) is 0. The van der Waals surface area contributed by atoms with E-state index < -0.39 is 11.1 Å². The largest absolute Gasteiger partial charge is 0.383 e. The van der Waals surface area contributed by atoms with Crippen molar-refractivity contribution < 1.29 is 5.11 Å². The van der Waals surface area contributed by atoms with Gasteiger partial charge >= 0.3 is 0 Å². The summed E-state index contributed by atoms with van der Waals surface area (Å²) in [5.74, 6) is 0.650. The van der Waals surface area contributed by atoms with Gasteiger partial charge in [-0.15, -0.1) is 0 Å². The van der Waals surface area contributed by atoms with Crippen molar-refractivity contribution in [3.05, 3.63) is 155 Å². The second kappa shape index (κ2) is 12.2. The number of imidazole rings is 1. The third-order valence-electron chi connectivity index (χ3n) is 9.72. The number of nitrogens with zero attached hydrogens (tertiary/aromatic N) is 4. The number of aromatic nitrogens is 2. The molecule has 6 heteroatoms. The first-order valence-electron chi connectivity index (χ1n) is 15.9. The zero-order chi connectivity index (χ0) is 30.9. The summed E-state index contributed by atoms with van der Waals surface area (Å²) in [5, 5.41) is 22.3. The van der Waals surface area contributed by atoms with Crippen molar-refractivity contribution >= 4 is 17.3 Å². The first-order chi connectivity index (χ1) is 22.0. The van der Waals surface area contributed by atoms with Crippen molar-refractivity contribution in [3.63, 3.8) is 0 Å². The lowest BCUT2D eigenvalue weighted by Gasteiger charge is -2.43. The van der Waals surface area contributed by atoms with Crippen molar-refractivity contribution in [1.29, 1.82) is 5.26 Å². The summed E-state index contributed by atoms with van der Waals surface area (Å²) in [6.07, 6.45) is 9.51. The molecule has 1 heterocycles. The van der Waals surface area contributed by atoms with Crippen LogP contribution in [0.3, 0.4) is 0 Å². The van der Waals surface area contributed by atoms with Crippen LogP contribution in [0.4, 0.5) is 5.69 Å². The van der Waals surface area contributed by atoms with Gasteiger partial charge in [-0.25, -0.2) is 4.98 Å². The van der Waals surface area contributed by atoms with E-state index in [2.05, 4.69) is 94.5 Å². The monoisotopic (exact) mass is 612 g/mol. The highest BCUT2D eigenvalue weighted by molar-refractivity contribution is 6.32. The summed E-state index contributed by atoms with van der Waals surface area (Å²) in [6.45, 7) is 0.927. The number of aliphatic hydroxyl groups is 1. The zero-order valence-corrected chi connectivity index (χ0v) is 26.0. The van der Waals surface area contributed by atoms with Crippen LogP contribution in [0.25, 0.3) is 0 Å². The molecule has 1 aromatic heterocycles. The maximum absolute atomic E-state index is 12.4. The minimum atomic E-state index is -1.08. The zero-order valence-electron chi connectivity index (χ0n) is 25.3. The third-order valence-corrected chi connectivity index (χ3v) is 10.0. The molecule has 0 aliphatic heterocycles. The van der Waals surface area contributed by atoms with Crippen molar-refractivity contribution in [2.24, 2.45) is 5.92 Å². The number of anilines is 1. The van der Waals surface area contributed by atoms with E-state index in [1.54, 1.807) is 0 Å². The Hall–Kier alpha value is -4.37. The minimum absolute atomic E-state index is 0.126. The quantitative estimate of drug-likeness (QED) is 0.170. The van der Waals surface area contributed by atoms with Gasteiger partial charge in [-0.1, -0.05) is 103 Å². The van der Waals surface area contributed by atoms with Gasteiger partial charge in [0, 0.05) is 30.9 Å². The van der Waals surface area contributed by atoms with E-state index in [0.29, 0.717) is 35.0 Å². The number of halogens is 1. The Labute approximate surface area is 270 Å². The van der Waals surface area contributed by atoms with Gasteiger partial charge in [-0.3, -0.25) is 0 Å². The van der Waals surface area contributed by atoms with Crippen molar-refractivity contribution in [2.45, 2.75) is 55.7 Å². The molecule has 2 aliphatic carbocycles. The smallest absolute Gasteiger partial charge is 0.121 e. The molecule has 2 saturated carbocycles. The third kappa shape index (κ3) is 5.54. The standard InChI is InChI=1S/C39H37ClN4O/c40-36-23-34(21-20-30(36)25-41)44(26-29-18-19-29)35-17-10-22-38(45,24-35)37-27-43(28-42-37)39(31-11-4-1-5-12-31,32-13-6-2-7-14-32)33-15-8-3-9-16-33/h1-9,11-16,20-21,23,27-29,35,45H,10,17-19,22,24,26H2. The predicted octanol–water partition coefficient (Wildman–Crippen LogP) is 8.30. The van der Waals surface area contributed by atoms with E-state index in [9.17, 15) is 10.4 Å². The van der Waals surface area contributed by atoms with Crippen molar-refractivity contribution in [2.75, 3.05) is 11.4 Å². The van der Waals surface area contributed by atoms with Crippen LogP contribution >= 0.6 is 11.6 Å². The molecule has 2 aliphatic rings. The average molecular weight is 613 g/mol. The molecular formula is C39H37ClN4O. The Kier molecular flexibility index (Phi) is 7.95. The van der Waals surface area contributed by atoms with E-state index in [1.807, 2.05) is 42.7 Å². The molecule has 5 nitrogen and oxygen atoms in total. The summed E-state index contributed by atoms with van der Waals surface area (Å²) in [5.41, 5.74) is 3.79. The first kappa shape index (κ1) is 29.3. The second-order valence-electron chi connectivity index (χ2n) is 12.6. The summed E-state index contributed by atoms with van der Waals surface area (Å²) >= 11 is 6.50. The Bertz CT molecular complexity index is 1700. The molecular weight excluding hydrogens is 576 g/mol. The number of hydrogen-bond donors (Lipinski definition) is 1. The number of nitriles is 1. The number of hydrogen-bond acceptors (Lipinski definition) is 4. The highest BCUT2D eigenvalue weighted by Gasteiger charge is 2.43. The molecule has 2 unspecified atom stereocenters. The van der Waals surface area contributed by atoms with Crippen molar-refractivity contribution in [1.82, 2.24) is 9.55 Å². The lowest BCUT2D eigenvalue weighted by atomic mass is 9.76. The Morgan fingerprint density at radius 2 is 1.49 bits per heavy atom. The number of rotatable bonds is 9. The highest BCUT2D eigenvalue weighted by atomic mass is 35.5. The van der Waals surface area contributed by atoms with Crippen LogP contribution in [0.15, 0.2) is 122 Å². The SMILES string of the molecule is N#Cc1ccc(N(CC2CC2)C2CCCC(O)(c3cn(C(c4ccccc4)(c4ccccc4)c4ccccc4)cn3)C2)cc1Cl. The Morgan fingerprint density at radius 3 is 2.02 bits per heavy atom. The predicted molar refractivity (Wildman–Crippen MR) is 179 cm³/mol. The molecule has 7 rings (SSSR count). The van der Waals surface area contributed by atoms with Gasteiger partial charge < -0.3 is 14.6 Å². The molecule has 2 fully saturated rings. The van der Waals surface area contributed by atoms with Crippen LogP contribution in [-0.2, 0) is 11.1 Å². The molecule has 5 aromatic rings. The summed E-state index contributed by atoms with van der Waals surface area (Å²) < 4.78 is 2.19. The molecule has 1 N–H and O–H groups in total. The van der Waals surface area contributed by atoms with E-state index in [1.165, 1.54) is 12.8 Å². The first-order valence-corrected chi connectivity index (χ1v) is 16.3. The highest BCUT2D eigenvalue weighted by Crippen LogP contribution is 2.45. The van der Waals surface area contributed by atoms with E-state index in [0.717, 1.165) is 41.8 Å². The normalized spacial score (nSPS) is 20.0. The van der Waals surface area contributed by atoms with Crippen LogP contribution < -0.4 is 4.90 Å².